The molecule has 0 aliphatic carbocycles. The summed E-state index contributed by atoms with van der Waals surface area (Å²) in [5, 5.41) is 0. The first-order valence-electron chi connectivity index (χ1n) is 5.87. The molecule has 90 valence electrons. The Balaban J connectivity index is 2.83. The maximum absolute atomic E-state index is 5.69. The van der Waals surface area contributed by atoms with Crippen molar-refractivity contribution in [1.82, 2.24) is 5.43 Å². The normalized spacial score (nSPS) is 14.8. The summed E-state index contributed by atoms with van der Waals surface area (Å²) in [5.41, 5.74) is 5.28. The molecular formula is C13H22N2O. The van der Waals surface area contributed by atoms with Gasteiger partial charge in [0.2, 0.25) is 0 Å². The molecule has 0 saturated heterocycles. The third-order valence-corrected chi connectivity index (χ3v) is 2.77. The average molecular weight is 222 g/mol. The molecule has 0 bridgehead atoms. The van der Waals surface area contributed by atoms with E-state index >= 15 is 0 Å². The Bertz CT molecular complexity index is 297. The number of nitrogens with two attached hydrogens (primary N) is 1. The van der Waals surface area contributed by atoms with Crippen molar-refractivity contribution in [3.63, 3.8) is 0 Å². The van der Waals surface area contributed by atoms with Crippen LogP contribution in [-0.4, -0.2) is 12.7 Å². The maximum Gasteiger partial charge on any atom is 0.0779 e. The van der Waals surface area contributed by atoms with E-state index in [0.717, 1.165) is 6.42 Å². The molecule has 2 atom stereocenters. The summed E-state index contributed by atoms with van der Waals surface area (Å²) in [6.45, 7) is 6.90. The number of hydrazine groups is 1. The molecule has 0 heterocycles. The minimum Gasteiger partial charge on any atom is -0.376 e. The minimum absolute atomic E-state index is 0.0607. The molecule has 0 fully saturated rings. The van der Waals surface area contributed by atoms with Gasteiger partial charge in [-0.1, -0.05) is 36.8 Å². The van der Waals surface area contributed by atoms with Crippen molar-refractivity contribution in [3.8, 4) is 0 Å². The van der Waals surface area contributed by atoms with E-state index in [1.165, 1.54) is 11.1 Å². The monoisotopic (exact) mass is 222 g/mol. The number of ether oxygens (including phenoxy) is 1. The van der Waals surface area contributed by atoms with Crippen molar-refractivity contribution >= 4 is 0 Å². The number of aryl methyl sites for hydroxylation is 1. The van der Waals surface area contributed by atoms with E-state index in [0.29, 0.717) is 6.61 Å². The SMILES string of the molecule is CCOC(CC)C(NN)c1ccc(C)cc1. The fourth-order valence-corrected chi connectivity index (χ4v) is 1.86. The molecule has 0 spiro atoms. The molecular weight excluding hydrogens is 200 g/mol. The van der Waals surface area contributed by atoms with Gasteiger partial charge in [0.1, 0.15) is 0 Å². The molecule has 3 nitrogen and oxygen atoms in total. The summed E-state index contributed by atoms with van der Waals surface area (Å²) in [6.07, 6.45) is 1.06. The van der Waals surface area contributed by atoms with Crippen LogP contribution in [0.15, 0.2) is 24.3 Å². The first-order chi connectivity index (χ1) is 7.72. The molecule has 16 heavy (non-hydrogen) atoms. The maximum atomic E-state index is 5.69. The molecule has 0 amide bonds. The van der Waals surface area contributed by atoms with Crippen LogP contribution >= 0.6 is 0 Å². The largest absolute Gasteiger partial charge is 0.376 e. The number of hydrogen-bond acceptors (Lipinski definition) is 3. The Labute approximate surface area is 98.0 Å². The van der Waals surface area contributed by atoms with Gasteiger partial charge >= 0.3 is 0 Å². The lowest BCUT2D eigenvalue weighted by Crippen LogP contribution is -2.37. The summed E-state index contributed by atoms with van der Waals surface area (Å²) in [5.74, 6) is 5.62. The number of nitrogens with one attached hydrogen (secondary N) is 1. The van der Waals surface area contributed by atoms with Crippen molar-refractivity contribution in [2.75, 3.05) is 6.61 Å². The summed E-state index contributed by atoms with van der Waals surface area (Å²) in [7, 11) is 0. The van der Waals surface area contributed by atoms with Crippen molar-refractivity contribution in [3.05, 3.63) is 35.4 Å². The van der Waals surface area contributed by atoms with Gasteiger partial charge in [0.05, 0.1) is 12.1 Å². The van der Waals surface area contributed by atoms with Gasteiger partial charge in [-0.25, -0.2) is 0 Å². The van der Waals surface area contributed by atoms with Crippen LogP contribution < -0.4 is 11.3 Å². The Morgan fingerprint density at radius 2 is 1.88 bits per heavy atom. The fraction of sp³-hybridized carbons (Fsp3) is 0.538. The van der Waals surface area contributed by atoms with Gasteiger partial charge in [-0.05, 0) is 25.8 Å². The highest BCUT2D eigenvalue weighted by molar-refractivity contribution is 5.24. The molecule has 1 rings (SSSR count). The summed E-state index contributed by atoms with van der Waals surface area (Å²) < 4.78 is 5.69. The highest BCUT2D eigenvalue weighted by Gasteiger charge is 2.20. The second kappa shape index (κ2) is 6.63. The van der Waals surface area contributed by atoms with Gasteiger partial charge in [0.15, 0.2) is 0 Å². The van der Waals surface area contributed by atoms with E-state index in [9.17, 15) is 0 Å². The molecule has 0 aliphatic heterocycles. The Hall–Kier alpha value is -0.900. The van der Waals surface area contributed by atoms with Crippen LogP contribution in [0, 0.1) is 6.92 Å². The van der Waals surface area contributed by atoms with Crippen molar-refractivity contribution in [1.29, 1.82) is 0 Å². The predicted octanol–water partition coefficient (Wildman–Crippen LogP) is 2.31. The van der Waals surface area contributed by atoms with Gasteiger partial charge < -0.3 is 4.74 Å². The highest BCUT2D eigenvalue weighted by atomic mass is 16.5. The van der Waals surface area contributed by atoms with E-state index in [1.54, 1.807) is 0 Å². The molecule has 2 unspecified atom stereocenters. The molecule has 1 aromatic carbocycles. The van der Waals surface area contributed by atoms with Gasteiger partial charge in [0.25, 0.3) is 0 Å². The summed E-state index contributed by atoms with van der Waals surface area (Å²) in [4.78, 5) is 0. The molecule has 0 aliphatic rings. The average Bonchev–Trinajstić information content (AvgIpc) is 2.31. The van der Waals surface area contributed by atoms with Crippen molar-refractivity contribution < 1.29 is 4.74 Å². The van der Waals surface area contributed by atoms with Crippen molar-refractivity contribution in [2.24, 2.45) is 5.84 Å². The Morgan fingerprint density at radius 3 is 2.31 bits per heavy atom. The first kappa shape index (κ1) is 13.2. The topological polar surface area (TPSA) is 47.3 Å². The zero-order valence-electron chi connectivity index (χ0n) is 10.4. The lowest BCUT2D eigenvalue weighted by Gasteiger charge is -2.25. The third-order valence-electron chi connectivity index (χ3n) is 2.77. The zero-order chi connectivity index (χ0) is 12.0. The van der Waals surface area contributed by atoms with Crippen LogP contribution in [0.3, 0.4) is 0 Å². The van der Waals surface area contributed by atoms with E-state index in [2.05, 4.69) is 43.5 Å². The second-order valence-electron chi connectivity index (χ2n) is 3.96. The van der Waals surface area contributed by atoms with E-state index in [1.807, 2.05) is 6.92 Å². The fourth-order valence-electron chi connectivity index (χ4n) is 1.86. The van der Waals surface area contributed by atoms with Crippen LogP contribution in [0.5, 0.6) is 0 Å². The Morgan fingerprint density at radius 1 is 1.25 bits per heavy atom. The quantitative estimate of drug-likeness (QED) is 0.573. The third kappa shape index (κ3) is 3.30. The van der Waals surface area contributed by atoms with Crippen molar-refractivity contribution in [2.45, 2.75) is 39.3 Å². The van der Waals surface area contributed by atoms with Gasteiger partial charge in [0, 0.05) is 6.61 Å². The van der Waals surface area contributed by atoms with Gasteiger partial charge in [-0.2, -0.15) is 0 Å². The van der Waals surface area contributed by atoms with Crippen LogP contribution in [-0.2, 0) is 4.74 Å². The number of hydrogen-bond donors (Lipinski definition) is 2. The molecule has 3 heteroatoms. The van der Waals surface area contributed by atoms with E-state index in [4.69, 9.17) is 10.6 Å². The van der Waals surface area contributed by atoms with Crippen LogP contribution in [0.25, 0.3) is 0 Å². The number of rotatable bonds is 6. The van der Waals surface area contributed by atoms with Gasteiger partial charge in [-0.15, -0.1) is 0 Å². The summed E-state index contributed by atoms with van der Waals surface area (Å²) >= 11 is 0. The lowest BCUT2D eigenvalue weighted by molar-refractivity contribution is 0.0314. The lowest BCUT2D eigenvalue weighted by atomic mass is 9.99. The smallest absolute Gasteiger partial charge is 0.0779 e. The molecule has 0 radical (unpaired) electrons. The second-order valence-corrected chi connectivity index (χ2v) is 3.96. The van der Waals surface area contributed by atoms with Gasteiger partial charge in [-0.3, -0.25) is 11.3 Å². The molecule has 3 N–H and O–H groups in total. The van der Waals surface area contributed by atoms with Crippen LogP contribution in [0.1, 0.15) is 37.4 Å². The zero-order valence-corrected chi connectivity index (χ0v) is 10.4. The Kier molecular flexibility index (Phi) is 5.46. The molecule has 1 aromatic rings. The minimum atomic E-state index is 0.0607. The highest BCUT2D eigenvalue weighted by Crippen LogP contribution is 2.21. The van der Waals surface area contributed by atoms with E-state index in [-0.39, 0.29) is 12.1 Å². The molecule has 0 saturated carbocycles. The van der Waals surface area contributed by atoms with E-state index < -0.39 is 0 Å². The predicted molar refractivity (Wildman–Crippen MR) is 66.9 cm³/mol. The van der Waals surface area contributed by atoms with Crippen LogP contribution in [0.2, 0.25) is 0 Å². The summed E-state index contributed by atoms with van der Waals surface area (Å²) in [6, 6.07) is 8.45. The standard InChI is InChI=1S/C13H22N2O/c1-4-12(16-5-2)13(15-14)11-8-6-10(3)7-9-11/h6-9,12-13,15H,4-5,14H2,1-3H3. The van der Waals surface area contributed by atoms with Crippen LogP contribution in [0.4, 0.5) is 0 Å². The first-order valence-corrected chi connectivity index (χ1v) is 5.87. The molecule has 0 aromatic heterocycles. The number of benzene rings is 1.